The monoisotopic (exact) mass is 223 g/mol. The van der Waals surface area contributed by atoms with Gasteiger partial charge >= 0.3 is 0 Å². The predicted molar refractivity (Wildman–Crippen MR) is 49.0 cm³/mol. The molecule has 0 aliphatic carbocycles. The fraction of sp³-hybridized carbons (Fsp3) is 0.333. The third-order valence-electron chi connectivity index (χ3n) is 1.86. The third-order valence-corrected chi connectivity index (χ3v) is 2.09. The number of alkyl halides is 2. The molecule has 78 valence electrons. The zero-order valence-electron chi connectivity index (χ0n) is 7.40. The van der Waals surface area contributed by atoms with Crippen LogP contribution in [0.4, 0.5) is 13.2 Å². The molecule has 2 N–H and O–H groups in total. The van der Waals surface area contributed by atoms with Gasteiger partial charge in [-0.25, -0.2) is 4.39 Å². The number of hydrogen-bond acceptors (Lipinski definition) is 1. The SMILES string of the molecule is CC(N)C(F)(F)c1cc(Cl)ccc1F. The van der Waals surface area contributed by atoms with Crippen molar-refractivity contribution in [2.75, 3.05) is 0 Å². The van der Waals surface area contributed by atoms with Gasteiger partial charge < -0.3 is 5.73 Å². The van der Waals surface area contributed by atoms with Crippen LogP contribution in [0.15, 0.2) is 18.2 Å². The van der Waals surface area contributed by atoms with Crippen molar-refractivity contribution in [1.82, 2.24) is 0 Å². The fourth-order valence-corrected chi connectivity index (χ4v) is 1.17. The summed E-state index contributed by atoms with van der Waals surface area (Å²) in [5, 5.41) is 0.0572. The Hall–Kier alpha value is -0.740. The van der Waals surface area contributed by atoms with Crippen LogP contribution in [0.2, 0.25) is 5.02 Å². The smallest absolute Gasteiger partial charge is 0.290 e. The Morgan fingerprint density at radius 2 is 2.00 bits per heavy atom. The Morgan fingerprint density at radius 3 is 2.50 bits per heavy atom. The number of rotatable bonds is 2. The van der Waals surface area contributed by atoms with Crippen LogP contribution in [0.25, 0.3) is 0 Å². The maximum atomic E-state index is 13.3. The molecule has 0 heterocycles. The molecule has 0 aromatic heterocycles. The van der Waals surface area contributed by atoms with E-state index in [1.165, 1.54) is 6.07 Å². The zero-order valence-corrected chi connectivity index (χ0v) is 8.15. The first-order valence-electron chi connectivity index (χ1n) is 3.94. The summed E-state index contributed by atoms with van der Waals surface area (Å²) >= 11 is 5.49. The number of nitrogens with two attached hydrogens (primary N) is 1. The quantitative estimate of drug-likeness (QED) is 0.820. The summed E-state index contributed by atoms with van der Waals surface area (Å²) in [6.45, 7) is 1.11. The van der Waals surface area contributed by atoms with Gasteiger partial charge in [-0.05, 0) is 25.1 Å². The molecule has 0 spiro atoms. The Balaban J connectivity index is 3.24. The molecule has 0 fully saturated rings. The predicted octanol–water partition coefficient (Wildman–Crippen LogP) is 2.92. The molecule has 5 heteroatoms. The molecule has 0 aliphatic rings. The molecule has 1 unspecified atom stereocenters. The second-order valence-corrected chi connectivity index (χ2v) is 3.47. The van der Waals surface area contributed by atoms with E-state index in [1.807, 2.05) is 0 Å². The van der Waals surface area contributed by atoms with Gasteiger partial charge in [0.15, 0.2) is 0 Å². The molecule has 14 heavy (non-hydrogen) atoms. The molecule has 1 atom stereocenters. The summed E-state index contributed by atoms with van der Waals surface area (Å²) in [6.07, 6.45) is 0. The maximum Gasteiger partial charge on any atom is 0.290 e. The van der Waals surface area contributed by atoms with Gasteiger partial charge in [-0.15, -0.1) is 0 Å². The van der Waals surface area contributed by atoms with Crippen molar-refractivity contribution < 1.29 is 13.2 Å². The van der Waals surface area contributed by atoms with Crippen molar-refractivity contribution in [2.45, 2.75) is 18.9 Å². The van der Waals surface area contributed by atoms with Crippen molar-refractivity contribution in [2.24, 2.45) is 5.73 Å². The van der Waals surface area contributed by atoms with E-state index in [1.54, 1.807) is 0 Å². The second kappa shape index (κ2) is 3.79. The van der Waals surface area contributed by atoms with Crippen LogP contribution in [-0.2, 0) is 5.92 Å². The van der Waals surface area contributed by atoms with E-state index in [4.69, 9.17) is 17.3 Å². The first-order chi connectivity index (χ1) is 6.35. The van der Waals surface area contributed by atoms with Gasteiger partial charge in [0.25, 0.3) is 5.92 Å². The van der Waals surface area contributed by atoms with E-state index >= 15 is 0 Å². The lowest BCUT2D eigenvalue weighted by atomic mass is 10.0. The highest BCUT2D eigenvalue weighted by molar-refractivity contribution is 6.30. The molecule has 1 nitrogen and oxygen atoms in total. The van der Waals surface area contributed by atoms with Crippen molar-refractivity contribution in [3.8, 4) is 0 Å². The lowest BCUT2D eigenvalue weighted by Crippen LogP contribution is -2.36. The summed E-state index contributed by atoms with van der Waals surface area (Å²) in [5.74, 6) is -4.41. The van der Waals surface area contributed by atoms with Gasteiger partial charge in [0, 0.05) is 5.02 Å². The van der Waals surface area contributed by atoms with Crippen LogP contribution in [0.1, 0.15) is 12.5 Å². The van der Waals surface area contributed by atoms with Crippen LogP contribution < -0.4 is 5.73 Å². The summed E-state index contributed by atoms with van der Waals surface area (Å²) < 4.78 is 39.6. The first-order valence-corrected chi connectivity index (χ1v) is 4.32. The van der Waals surface area contributed by atoms with Gasteiger partial charge in [-0.3, -0.25) is 0 Å². The Labute approximate surface area is 84.7 Å². The molecule has 0 bridgehead atoms. The van der Waals surface area contributed by atoms with Crippen molar-refractivity contribution in [3.63, 3.8) is 0 Å². The second-order valence-electron chi connectivity index (χ2n) is 3.04. The van der Waals surface area contributed by atoms with Gasteiger partial charge in [0.05, 0.1) is 11.6 Å². The molecule has 1 aromatic rings. The summed E-state index contributed by atoms with van der Waals surface area (Å²) in [6, 6.07) is 1.53. The molecular formula is C9H9ClF3N. The third kappa shape index (κ3) is 2.01. The highest BCUT2D eigenvalue weighted by Crippen LogP contribution is 2.33. The average molecular weight is 224 g/mol. The lowest BCUT2D eigenvalue weighted by Gasteiger charge is -2.21. The maximum absolute atomic E-state index is 13.3. The van der Waals surface area contributed by atoms with Crippen molar-refractivity contribution in [3.05, 3.63) is 34.6 Å². The molecule has 1 aromatic carbocycles. The molecule has 1 rings (SSSR count). The van der Waals surface area contributed by atoms with Crippen molar-refractivity contribution >= 4 is 11.6 Å². The van der Waals surface area contributed by atoms with E-state index < -0.39 is 23.3 Å². The van der Waals surface area contributed by atoms with E-state index in [2.05, 4.69) is 0 Å². The van der Waals surface area contributed by atoms with Crippen molar-refractivity contribution in [1.29, 1.82) is 0 Å². The van der Waals surface area contributed by atoms with E-state index in [9.17, 15) is 13.2 Å². The minimum atomic E-state index is -3.41. The average Bonchev–Trinajstić information content (AvgIpc) is 2.08. The number of hydrogen-bond donors (Lipinski definition) is 1. The van der Waals surface area contributed by atoms with Crippen LogP contribution in [0.3, 0.4) is 0 Å². The largest absolute Gasteiger partial charge is 0.323 e. The first kappa shape index (κ1) is 11.3. The Bertz CT molecular complexity index is 339. The van der Waals surface area contributed by atoms with Gasteiger partial charge in [0.2, 0.25) is 0 Å². The van der Waals surface area contributed by atoms with Gasteiger partial charge in [-0.1, -0.05) is 11.6 Å². The zero-order chi connectivity index (χ0) is 10.9. The molecule has 0 saturated heterocycles. The number of halogens is 4. The van der Waals surface area contributed by atoms with E-state index in [0.717, 1.165) is 19.1 Å². The highest BCUT2D eigenvalue weighted by atomic mass is 35.5. The fourth-order valence-electron chi connectivity index (χ4n) is 0.998. The minimum absolute atomic E-state index is 0.0572. The van der Waals surface area contributed by atoms with Crippen LogP contribution in [-0.4, -0.2) is 6.04 Å². The van der Waals surface area contributed by atoms with E-state index in [0.29, 0.717) is 0 Å². The normalized spacial score (nSPS) is 14.1. The van der Waals surface area contributed by atoms with Gasteiger partial charge in [0.1, 0.15) is 5.82 Å². The molecule has 0 radical (unpaired) electrons. The standard InChI is InChI=1S/C9H9ClF3N/c1-5(14)9(12,13)7-4-6(10)2-3-8(7)11/h2-5H,14H2,1H3. The van der Waals surface area contributed by atoms with E-state index in [-0.39, 0.29) is 5.02 Å². The highest BCUT2D eigenvalue weighted by Gasteiger charge is 2.38. The molecule has 0 amide bonds. The molecular weight excluding hydrogens is 215 g/mol. The summed E-state index contributed by atoms with van der Waals surface area (Å²) in [4.78, 5) is 0. The van der Waals surface area contributed by atoms with Crippen LogP contribution in [0, 0.1) is 5.82 Å². The number of benzene rings is 1. The lowest BCUT2D eigenvalue weighted by molar-refractivity contribution is -0.0288. The topological polar surface area (TPSA) is 26.0 Å². The molecule has 0 aliphatic heterocycles. The van der Waals surface area contributed by atoms with Gasteiger partial charge in [-0.2, -0.15) is 8.78 Å². The Kier molecular flexibility index (Phi) is 3.07. The van der Waals surface area contributed by atoms with Crippen LogP contribution in [0.5, 0.6) is 0 Å². The van der Waals surface area contributed by atoms with Crippen LogP contribution >= 0.6 is 11.6 Å². The molecule has 0 saturated carbocycles. The minimum Gasteiger partial charge on any atom is -0.323 e. The summed E-state index contributed by atoms with van der Waals surface area (Å²) in [5.41, 5.74) is 4.30. The summed E-state index contributed by atoms with van der Waals surface area (Å²) in [7, 11) is 0. The Morgan fingerprint density at radius 1 is 1.43 bits per heavy atom.